The van der Waals surface area contributed by atoms with Crippen LogP contribution in [0.1, 0.15) is 0 Å². The van der Waals surface area contributed by atoms with Crippen molar-refractivity contribution in [3.05, 3.63) is 30.1 Å². The number of amides is 2. The third kappa shape index (κ3) is 3.61. The average molecular weight is 321 g/mol. The van der Waals surface area contributed by atoms with E-state index in [2.05, 4.69) is 4.90 Å². The first-order chi connectivity index (χ1) is 11.1. The van der Waals surface area contributed by atoms with Crippen LogP contribution < -0.4 is 4.90 Å². The quantitative estimate of drug-likeness (QED) is 0.700. The molecular weight excluding hydrogens is 301 g/mol. The summed E-state index contributed by atoms with van der Waals surface area (Å²) < 4.78 is 18.2. The highest BCUT2D eigenvalue weighted by Crippen LogP contribution is 2.17. The molecule has 2 aliphatic rings. The van der Waals surface area contributed by atoms with Gasteiger partial charge in [0.05, 0.1) is 13.2 Å². The van der Waals surface area contributed by atoms with Gasteiger partial charge >= 0.3 is 11.8 Å². The summed E-state index contributed by atoms with van der Waals surface area (Å²) in [4.78, 5) is 29.8. The molecule has 0 bridgehead atoms. The van der Waals surface area contributed by atoms with Crippen molar-refractivity contribution in [1.82, 2.24) is 9.80 Å². The number of benzene rings is 1. The molecule has 1 aromatic rings. The summed E-state index contributed by atoms with van der Waals surface area (Å²) in [5.41, 5.74) is 0.929. The van der Waals surface area contributed by atoms with Crippen LogP contribution >= 0.6 is 0 Å². The van der Waals surface area contributed by atoms with Gasteiger partial charge < -0.3 is 19.4 Å². The summed E-state index contributed by atoms with van der Waals surface area (Å²) in [6.07, 6.45) is 0. The van der Waals surface area contributed by atoms with Gasteiger partial charge in [-0.05, 0) is 24.3 Å². The Morgan fingerprint density at radius 3 is 1.91 bits per heavy atom. The molecule has 1 aromatic carbocycles. The zero-order valence-corrected chi connectivity index (χ0v) is 12.9. The number of hydrogen-bond donors (Lipinski definition) is 0. The van der Waals surface area contributed by atoms with Gasteiger partial charge in [0.25, 0.3) is 0 Å². The average Bonchev–Trinajstić information content (AvgIpc) is 2.62. The Morgan fingerprint density at radius 1 is 0.826 bits per heavy atom. The minimum absolute atomic E-state index is 0.265. The van der Waals surface area contributed by atoms with Gasteiger partial charge in [0.15, 0.2) is 0 Å². The molecule has 7 heteroatoms. The molecule has 3 rings (SSSR count). The fourth-order valence-electron chi connectivity index (χ4n) is 2.86. The van der Waals surface area contributed by atoms with Crippen LogP contribution in [-0.2, 0) is 14.3 Å². The van der Waals surface area contributed by atoms with E-state index in [1.807, 2.05) is 0 Å². The lowest BCUT2D eigenvalue weighted by Gasteiger charge is -2.37. The molecule has 0 aromatic heterocycles. The fraction of sp³-hybridized carbons (Fsp3) is 0.500. The lowest BCUT2D eigenvalue weighted by Crippen LogP contribution is -2.54. The van der Waals surface area contributed by atoms with Crippen LogP contribution in [0.15, 0.2) is 24.3 Å². The molecule has 2 fully saturated rings. The molecule has 0 saturated carbocycles. The second kappa shape index (κ2) is 6.95. The van der Waals surface area contributed by atoms with E-state index in [1.54, 1.807) is 21.9 Å². The van der Waals surface area contributed by atoms with E-state index in [4.69, 9.17) is 4.74 Å². The third-order valence-corrected chi connectivity index (χ3v) is 4.24. The van der Waals surface area contributed by atoms with Gasteiger partial charge in [-0.25, -0.2) is 4.39 Å². The monoisotopic (exact) mass is 321 g/mol. The van der Waals surface area contributed by atoms with Crippen LogP contribution in [0.4, 0.5) is 10.1 Å². The van der Waals surface area contributed by atoms with Crippen LogP contribution in [0.5, 0.6) is 0 Å². The van der Waals surface area contributed by atoms with Gasteiger partial charge in [-0.15, -0.1) is 0 Å². The Bertz CT molecular complexity index is 564. The third-order valence-electron chi connectivity index (χ3n) is 4.24. The number of nitrogens with zero attached hydrogens (tertiary/aromatic N) is 3. The molecular formula is C16H20FN3O3. The maximum Gasteiger partial charge on any atom is 0.312 e. The molecule has 0 aliphatic carbocycles. The normalized spacial score (nSPS) is 18.9. The predicted molar refractivity (Wildman–Crippen MR) is 82.6 cm³/mol. The van der Waals surface area contributed by atoms with Gasteiger partial charge in [0.1, 0.15) is 5.82 Å². The topological polar surface area (TPSA) is 53.1 Å². The van der Waals surface area contributed by atoms with E-state index < -0.39 is 11.8 Å². The molecule has 2 heterocycles. The minimum Gasteiger partial charge on any atom is -0.378 e. The highest BCUT2D eigenvalue weighted by atomic mass is 19.1. The number of carbonyl (C=O) groups is 2. The molecule has 0 atom stereocenters. The van der Waals surface area contributed by atoms with Crippen molar-refractivity contribution >= 4 is 17.5 Å². The van der Waals surface area contributed by atoms with Crippen LogP contribution in [0.3, 0.4) is 0 Å². The number of carbonyl (C=O) groups excluding carboxylic acids is 2. The van der Waals surface area contributed by atoms with Crippen LogP contribution in [0, 0.1) is 5.82 Å². The summed E-state index contributed by atoms with van der Waals surface area (Å²) in [5.74, 6) is -1.15. The van der Waals surface area contributed by atoms with Crippen LogP contribution in [0.25, 0.3) is 0 Å². The van der Waals surface area contributed by atoms with E-state index in [9.17, 15) is 14.0 Å². The fourth-order valence-corrected chi connectivity index (χ4v) is 2.86. The van der Waals surface area contributed by atoms with Crippen molar-refractivity contribution in [3.8, 4) is 0 Å². The lowest BCUT2D eigenvalue weighted by atomic mass is 10.2. The number of morpholine rings is 1. The van der Waals surface area contributed by atoms with Crippen molar-refractivity contribution < 1.29 is 18.7 Å². The Balaban J connectivity index is 1.54. The van der Waals surface area contributed by atoms with E-state index in [1.165, 1.54) is 12.1 Å². The molecule has 23 heavy (non-hydrogen) atoms. The Kier molecular flexibility index (Phi) is 4.76. The van der Waals surface area contributed by atoms with Crippen LogP contribution in [0.2, 0.25) is 0 Å². The minimum atomic E-state index is -0.441. The number of hydrogen-bond acceptors (Lipinski definition) is 4. The number of ether oxygens (including phenoxy) is 1. The van der Waals surface area contributed by atoms with Crippen molar-refractivity contribution in [2.75, 3.05) is 57.4 Å². The number of rotatable bonds is 1. The van der Waals surface area contributed by atoms with E-state index in [0.717, 1.165) is 5.69 Å². The number of anilines is 1. The Hall–Kier alpha value is -2.15. The second-order valence-corrected chi connectivity index (χ2v) is 5.66. The summed E-state index contributed by atoms with van der Waals surface area (Å²) in [6.45, 7) is 4.16. The number of halogens is 1. The van der Waals surface area contributed by atoms with Crippen molar-refractivity contribution in [3.63, 3.8) is 0 Å². The highest BCUT2D eigenvalue weighted by Gasteiger charge is 2.30. The molecule has 2 aliphatic heterocycles. The summed E-state index contributed by atoms with van der Waals surface area (Å²) in [5, 5.41) is 0. The summed E-state index contributed by atoms with van der Waals surface area (Å²) in [6, 6.07) is 6.31. The number of piperazine rings is 1. The first-order valence-corrected chi connectivity index (χ1v) is 7.81. The Morgan fingerprint density at radius 2 is 1.35 bits per heavy atom. The molecule has 0 spiro atoms. The molecule has 0 radical (unpaired) electrons. The van der Waals surface area contributed by atoms with Gasteiger partial charge in [-0.3, -0.25) is 9.59 Å². The molecule has 0 unspecified atom stereocenters. The molecule has 2 saturated heterocycles. The van der Waals surface area contributed by atoms with Gasteiger partial charge in [-0.2, -0.15) is 0 Å². The van der Waals surface area contributed by atoms with E-state index in [-0.39, 0.29) is 5.82 Å². The molecule has 0 N–H and O–H groups in total. The maximum atomic E-state index is 13.0. The van der Waals surface area contributed by atoms with Gasteiger partial charge in [0, 0.05) is 45.0 Å². The van der Waals surface area contributed by atoms with E-state index in [0.29, 0.717) is 52.5 Å². The van der Waals surface area contributed by atoms with Gasteiger partial charge in [-0.1, -0.05) is 0 Å². The Labute approximate surface area is 134 Å². The smallest absolute Gasteiger partial charge is 0.312 e. The molecule has 6 nitrogen and oxygen atoms in total. The maximum absolute atomic E-state index is 13.0. The van der Waals surface area contributed by atoms with Crippen molar-refractivity contribution in [2.24, 2.45) is 0 Å². The van der Waals surface area contributed by atoms with Crippen molar-refractivity contribution in [1.29, 1.82) is 0 Å². The zero-order valence-electron chi connectivity index (χ0n) is 12.9. The van der Waals surface area contributed by atoms with E-state index >= 15 is 0 Å². The van der Waals surface area contributed by atoms with Gasteiger partial charge in [0.2, 0.25) is 0 Å². The standard InChI is InChI=1S/C16H20FN3O3/c17-13-1-3-14(4-2-13)18-5-7-19(8-6-18)15(21)16(22)20-9-11-23-12-10-20/h1-4H,5-12H2. The zero-order chi connectivity index (χ0) is 16.2. The predicted octanol–water partition coefficient (Wildman–Crippen LogP) is 0.333. The summed E-state index contributed by atoms with van der Waals surface area (Å²) >= 11 is 0. The highest BCUT2D eigenvalue weighted by molar-refractivity contribution is 6.34. The molecule has 124 valence electrons. The first kappa shape index (κ1) is 15.7. The SMILES string of the molecule is O=C(C(=O)N1CCN(c2ccc(F)cc2)CC1)N1CCOCC1. The largest absolute Gasteiger partial charge is 0.378 e. The summed E-state index contributed by atoms with van der Waals surface area (Å²) in [7, 11) is 0. The second-order valence-electron chi connectivity index (χ2n) is 5.66. The lowest BCUT2D eigenvalue weighted by molar-refractivity contribution is -0.154. The van der Waals surface area contributed by atoms with Crippen molar-refractivity contribution in [2.45, 2.75) is 0 Å². The molecule has 2 amide bonds. The first-order valence-electron chi connectivity index (χ1n) is 7.81. The van der Waals surface area contributed by atoms with Crippen LogP contribution in [-0.4, -0.2) is 74.1 Å².